The van der Waals surface area contributed by atoms with Crippen molar-refractivity contribution in [2.45, 2.75) is 224 Å². The number of ketones is 2. The van der Waals surface area contributed by atoms with Gasteiger partial charge in [0.15, 0.2) is 14.1 Å². The number of Topliss-reactive ketones (excluding diaryl/α,β-unsaturated/α-hetero) is 2. The molecule has 4 rings (SSSR count). The molecule has 2 bridgehead atoms. The van der Waals surface area contributed by atoms with Gasteiger partial charge in [-0.3, -0.25) is 14.4 Å². The van der Waals surface area contributed by atoms with Crippen LogP contribution in [0, 0.1) is 29.6 Å². The van der Waals surface area contributed by atoms with Gasteiger partial charge in [-0.1, -0.05) is 84.9 Å². The molecule has 1 unspecified atom stereocenters. The van der Waals surface area contributed by atoms with Crippen molar-refractivity contribution in [3.63, 3.8) is 0 Å². The summed E-state index contributed by atoms with van der Waals surface area (Å²) in [6.45, 7) is 22.5. The van der Waals surface area contributed by atoms with Crippen LogP contribution >= 0.6 is 0 Å². The van der Waals surface area contributed by atoms with Crippen LogP contribution in [-0.4, -0.2) is 149 Å². The summed E-state index contributed by atoms with van der Waals surface area (Å²) in [4.78, 5) is 58.5. The number of aliphatic hydroxyl groups is 2. The Morgan fingerprint density at radius 2 is 1.51 bits per heavy atom. The first-order valence-electron chi connectivity index (χ1n) is 27.2. The molecule has 16 atom stereocenters. The summed E-state index contributed by atoms with van der Waals surface area (Å²) in [5, 5.41) is 23.6. The Balaban J connectivity index is 1.72. The van der Waals surface area contributed by atoms with E-state index < -0.39 is 92.3 Å². The van der Waals surface area contributed by atoms with E-state index in [0.29, 0.717) is 56.9 Å². The normalized spacial score (nSPS) is 37.6. The third kappa shape index (κ3) is 16.6. The molecular formula is C57H96N2O13Si. The molecule has 1 amide bonds. The average Bonchev–Trinajstić information content (AvgIpc) is 3.34. The molecule has 2 saturated heterocycles. The Morgan fingerprint density at radius 1 is 0.822 bits per heavy atom. The first-order valence-corrected chi connectivity index (χ1v) is 30.1. The van der Waals surface area contributed by atoms with Gasteiger partial charge in [-0.2, -0.15) is 0 Å². The largest absolute Gasteiger partial charge is 0.459 e. The molecule has 416 valence electrons. The number of nitrogens with zero attached hydrogens (tertiary/aromatic N) is 1. The third-order valence-electron chi connectivity index (χ3n) is 16.9. The van der Waals surface area contributed by atoms with E-state index in [1.165, 1.54) is 12.0 Å². The number of carbonyl (C=O) groups is 4. The van der Waals surface area contributed by atoms with Crippen molar-refractivity contribution >= 4 is 31.8 Å². The van der Waals surface area contributed by atoms with E-state index in [1.54, 1.807) is 28.3 Å². The monoisotopic (exact) mass is 1040 g/mol. The summed E-state index contributed by atoms with van der Waals surface area (Å²) in [6, 6.07) is -1.78. The van der Waals surface area contributed by atoms with Crippen molar-refractivity contribution in [3.8, 4) is 0 Å². The Morgan fingerprint density at radius 3 is 2.14 bits per heavy atom. The van der Waals surface area contributed by atoms with E-state index in [-0.39, 0.29) is 60.2 Å². The number of hydrogen-bond donors (Lipinski definition) is 3. The number of hydrogen-bond acceptors (Lipinski definition) is 14. The molecule has 4 N–H and O–H groups in total. The maximum absolute atomic E-state index is 14.7. The van der Waals surface area contributed by atoms with Crippen LogP contribution in [0.1, 0.15) is 139 Å². The number of amides is 1. The zero-order valence-corrected chi connectivity index (χ0v) is 48.2. The van der Waals surface area contributed by atoms with Gasteiger partial charge in [0.05, 0.1) is 30.5 Å². The minimum atomic E-state index is -2.42. The molecule has 3 fully saturated rings. The number of piperidine rings is 1. The van der Waals surface area contributed by atoms with Gasteiger partial charge >= 0.3 is 5.97 Å². The third-order valence-corrected chi connectivity index (χ3v) is 21.4. The molecule has 16 heteroatoms. The summed E-state index contributed by atoms with van der Waals surface area (Å²) in [6.07, 6.45) is 12.8. The molecule has 0 aromatic rings. The number of allylic oxidation sites excluding steroid dienone is 5. The van der Waals surface area contributed by atoms with E-state index in [4.69, 9.17) is 38.6 Å². The van der Waals surface area contributed by atoms with E-state index in [9.17, 15) is 29.4 Å². The molecule has 4 aliphatic rings. The molecule has 0 spiro atoms. The Labute approximate surface area is 439 Å². The van der Waals surface area contributed by atoms with Gasteiger partial charge in [0.2, 0.25) is 5.79 Å². The highest BCUT2D eigenvalue weighted by Crippen LogP contribution is 2.42. The highest BCUT2D eigenvalue weighted by Gasteiger charge is 2.53. The van der Waals surface area contributed by atoms with Crippen LogP contribution in [-0.2, 0) is 52.0 Å². The van der Waals surface area contributed by atoms with Crippen molar-refractivity contribution in [1.29, 1.82) is 0 Å². The second-order valence-electron chi connectivity index (χ2n) is 23.5. The van der Waals surface area contributed by atoms with Gasteiger partial charge in [0, 0.05) is 71.6 Å². The van der Waals surface area contributed by atoms with Crippen LogP contribution in [0.2, 0.25) is 18.1 Å². The number of rotatable bonds is 9. The van der Waals surface area contributed by atoms with Gasteiger partial charge in [-0.25, -0.2) is 4.79 Å². The van der Waals surface area contributed by atoms with Crippen molar-refractivity contribution in [2.24, 2.45) is 35.3 Å². The average molecular weight is 1050 g/mol. The molecule has 73 heavy (non-hydrogen) atoms. The number of carbonyl (C=O) groups excluding carboxylic acids is 4. The molecule has 0 radical (unpaired) electrons. The lowest BCUT2D eigenvalue weighted by atomic mass is 9.80. The standard InChI is InChI=1S/C57H96N2O13Si/c1-35-21-17-16-18-22-36(2)46(66-10)33-42-26-24-40(6)57(65,71-42)53(62)54(63)59-28-20-19-23-44(59)55(64)70-48(34-47(67-11)37(3)30-39(5)52(69-13)51(61)50(60)38(4)29-35)43(58)31-41-25-27-45(49(32-41)68-12)72-73(14,15)56(7,8)9/h16-18,21-22,30,35,37-38,40-49,51-52,61,65H,19-20,23-29,31-34,58H2,1-15H3/b18-16?,21-17+,36-22?,39-30+/t35-,37-,38-,40-,41+,42+,43-,44+,45?,46+,47-,48+,49-,51+,52-,57-/m1/s1. The van der Waals surface area contributed by atoms with Gasteiger partial charge in [0.1, 0.15) is 24.4 Å². The van der Waals surface area contributed by atoms with E-state index in [0.717, 1.165) is 18.4 Å². The van der Waals surface area contributed by atoms with Crippen molar-refractivity contribution in [1.82, 2.24) is 4.90 Å². The molecule has 15 nitrogen and oxygen atoms in total. The van der Waals surface area contributed by atoms with Gasteiger partial charge in [-0.05, 0) is 119 Å². The number of cyclic esters (lactones) is 1. The maximum atomic E-state index is 14.7. The van der Waals surface area contributed by atoms with Crippen molar-refractivity contribution in [3.05, 3.63) is 47.6 Å². The number of methoxy groups -OCH3 is 4. The van der Waals surface area contributed by atoms with E-state index in [1.807, 2.05) is 71.1 Å². The SMILES string of the molecule is CO[C@H]1C[C@@H]2CC[C@@H](C)[C@@](O)(O2)C(=O)C(=O)N2CCCC[C@H]2C(=O)O[C@H]([C@H](N)C[C@@H]2CCC(O[Si](C)(C)C(C)(C)C)[C@H](OC)C2)C[C@@H](OC)[C@H](C)/C=C(\C)[C@@H](OC)[C@@H](O)C(=O)[C@H](C)C[C@H](C)/C=C/C=CC=C1C. The predicted molar refractivity (Wildman–Crippen MR) is 286 cm³/mol. The van der Waals surface area contributed by atoms with Crippen LogP contribution in [0.3, 0.4) is 0 Å². The fourth-order valence-corrected chi connectivity index (χ4v) is 12.5. The number of aliphatic hydroxyl groups excluding tert-OH is 1. The Kier molecular flexibility index (Phi) is 24.0. The number of fused-ring (bicyclic) bond motifs is 3. The molecule has 1 saturated carbocycles. The number of esters is 1. The minimum Gasteiger partial charge on any atom is -0.459 e. The fraction of sp³-hybridized carbons (Fsp3) is 0.789. The maximum Gasteiger partial charge on any atom is 0.329 e. The first kappa shape index (κ1) is 62.6. The van der Waals surface area contributed by atoms with Gasteiger partial charge in [0.25, 0.3) is 11.7 Å². The highest BCUT2D eigenvalue weighted by molar-refractivity contribution is 6.74. The predicted octanol–water partition coefficient (Wildman–Crippen LogP) is 8.35. The van der Waals surface area contributed by atoms with Gasteiger partial charge in [-0.15, -0.1) is 0 Å². The van der Waals surface area contributed by atoms with E-state index >= 15 is 0 Å². The zero-order chi connectivity index (χ0) is 54.6. The quantitative estimate of drug-likeness (QED) is 0.0861. The first-order chi connectivity index (χ1) is 34.2. The van der Waals surface area contributed by atoms with Crippen LogP contribution in [0.15, 0.2) is 47.6 Å². The topological polar surface area (TPSA) is 203 Å². The summed E-state index contributed by atoms with van der Waals surface area (Å²) in [5.41, 5.74) is 8.71. The molecule has 0 aromatic carbocycles. The lowest BCUT2D eigenvalue weighted by Gasteiger charge is -2.44. The zero-order valence-electron chi connectivity index (χ0n) is 47.2. The summed E-state index contributed by atoms with van der Waals surface area (Å²) >= 11 is 0. The summed E-state index contributed by atoms with van der Waals surface area (Å²) in [7, 11) is 4.27. The lowest BCUT2D eigenvalue weighted by Crippen LogP contribution is -2.61. The number of nitrogens with two attached hydrogens (primary N) is 1. The Bertz CT molecular complexity index is 1950. The van der Waals surface area contributed by atoms with Crippen molar-refractivity contribution in [2.75, 3.05) is 35.0 Å². The van der Waals surface area contributed by atoms with E-state index in [2.05, 4.69) is 33.9 Å². The molecular weight excluding hydrogens is 949 g/mol. The smallest absolute Gasteiger partial charge is 0.329 e. The van der Waals surface area contributed by atoms with Crippen LogP contribution in [0.25, 0.3) is 0 Å². The Hall–Kier alpha value is -2.90. The lowest BCUT2D eigenvalue weighted by molar-refractivity contribution is -0.265. The van der Waals surface area contributed by atoms with Crippen molar-refractivity contribution < 1.29 is 62.2 Å². The van der Waals surface area contributed by atoms with Crippen LogP contribution in [0.4, 0.5) is 0 Å². The summed E-state index contributed by atoms with van der Waals surface area (Å²) < 4.78 is 43.4. The minimum absolute atomic E-state index is 0.0231. The second-order valence-corrected chi connectivity index (χ2v) is 28.3. The molecule has 0 aromatic heterocycles. The van der Waals surface area contributed by atoms with Crippen LogP contribution < -0.4 is 5.73 Å². The fourth-order valence-electron chi connectivity index (χ4n) is 11.1. The second kappa shape index (κ2) is 27.9. The molecule has 1 aliphatic carbocycles. The molecule has 3 heterocycles. The van der Waals surface area contributed by atoms with Gasteiger partial charge < -0.3 is 53.7 Å². The number of ether oxygens (including phenoxy) is 6. The molecule has 3 aliphatic heterocycles. The van der Waals surface area contributed by atoms with Crippen LogP contribution in [0.5, 0.6) is 0 Å². The highest BCUT2D eigenvalue weighted by atomic mass is 28.4. The summed E-state index contributed by atoms with van der Waals surface area (Å²) in [5.74, 6) is -6.89.